The summed E-state index contributed by atoms with van der Waals surface area (Å²) < 4.78 is 32.9. The van der Waals surface area contributed by atoms with E-state index in [1.807, 2.05) is 76.2 Å². The minimum atomic E-state index is -2.29. The molecule has 10 fully saturated rings. The van der Waals surface area contributed by atoms with Crippen LogP contribution < -0.4 is 63.2 Å². The summed E-state index contributed by atoms with van der Waals surface area (Å²) in [6.07, 6.45) is 26.1. The normalized spacial score (nSPS) is 24.4. The van der Waals surface area contributed by atoms with Crippen LogP contribution in [0.1, 0.15) is 310 Å². The summed E-state index contributed by atoms with van der Waals surface area (Å²) in [6, 6.07) is -12.3. The van der Waals surface area contributed by atoms with Crippen molar-refractivity contribution in [2.24, 2.45) is 63.1 Å². The molecule has 10 aliphatic rings. The number of amides is 14. The molecule has 0 bridgehead atoms. The molecule has 14 amide bonds. The van der Waals surface area contributed by atoms with Crippen molar-refractivity contribution in [3.8, 4) is 5.88 Å². The number of carbonyl (C=O) groups is 17. The first kappa shape index (κ1) is 105. The van der Waals surface area contributed by atoms with Crippen LogP contribution in [-0.2, 0) is 67.1 Å². The third-order valence-corrected chi connectivity index (χ3v) is 28.8. The standard InChI is InChI=1S/C38H51ClN8O7.C36H53N7O6.C28H46N4O5/c1-5-9-26(31(48)36(52)43-24-13-14-24)44-34(50)28-18-25(54-29-15-12-23(39)19-42-29)21-47(28)37(53)32(38(2,3)4)46-35(51)30(22-10-7-6-8-11-22)45-33(49)27-20-40-16-17-41-27;1-5-10-25(29(44)34(48)39-23-15-16-23)40-33(47)28-24-14-9-13-22(24)20-43(28)35(49)30(36(2,3)4)42-32(46)27(21-11-7-6-8-12-21)41-31(45)26-19-37-17-18-38-26;1-15(33)21(34)18(13-16-11-10-12-16)29-23(35)20-19-17(28(19,8)9)14-32(20)24(36)22(26(2,3)4)30-25(37)31-27(5,6)7/h12,15-17,19-20,22,24-26,28,30,32H,5-11,13-14,18,21H2,1-4H3,(H,43,52)(H,44,50)(H,45,49)(H,46,51);17-19,21-25,27-28,30H,5-16,20H2,1-4H3,(H,39,48)(H,40,47)(H,41,45)(H,42,46);16-20,22H,10-14H2,1-9H3,(H,29,35)(H2,30,31,37)/t25-,26+,28+,30+,32-;22-,24-,25-,27-,28-,30+;17-,18-,19-,20-,22+/m100/s1/i26D;25D;18D. The molecular weight excluding hydrogens is 1810 g/mol. The summed E-state index contributed by atoms with van der Waals surface area (Å²) in [5.41, 5.74) is -2.88. The van der Waals surface area contributed by atoms with Gasteiger partial charge in [-0.3, -0.25) is 86.7 Å². The van der Waals surface area contributed by atoms with Crippen LogP contribution in [0.25, 0.3) is 0 Å². The number of pyridine rings is 1. The van der Waals surface area contributed by atoms with E-state index in [0.717, 1.165) is 116 Å². The molecular formula is C102H150ClN19O18. The molecule has 3 aromatic heterocycles. The van der Waals surface area contributed by atoms with Crippen molar-refractivity contribution in [3.63, 3.8) is 0 Å². The van der Waals surface area contributed by atoms with E-state index in [-0.39, 0.29) is 114 Å². The number of halogens is 1. The van der Waals surface area contributed by atoms with E-state index < -0.39 is 188 Å². The molecule has 0 unspecified atom stereocenters. The van der Waals surface area contributed by atoms with Crippen molar-refractivity contribution < 1.29 is 90.4 Å². The first-order valence-electron chi connectivity index (χ1n) is 51.8. The van der Waals surface area contributed by atoms with Crippen molar-refractivity contribution in [2.45, 2.75) is 375 Å². The predicted molar refractivity (Wildman–Crippen MR) is 519 cm³/mol. The molecule has 11 N–H and O–H groups in total. The Balaban J connectivity index is 0.000000208. The summed E-state index contributed by atoms with van der Waals surface area (Å²) >= 11 is 6.01. The van der Waals surface area contributed by atoms with Crippen molar-refractivity contribution in [2.75, 3.05) is 19.6 Å². The number of fused-ring (bicyclic) bond motifs is 2. The van der Waals surface area contributed by atoms with Gasteiger partial charge in [0.25, 0.3) is 23.6 Å². The molecule has 16 atom stereocenters. The van der Waals surface area contributed by atoms with E-state index in [4.69, 9.17) is 20.5 Å². The summed E-state index contributed by atoms with van der Waals surface area (Å²) in [6.45, 7) is 31.1. The zero-order chi connectivity index (χ0) is 105. The lowest BCUT2D eigenvalue weighted by Crippen LogP contribution is -2.62. The summed E-state index contributed by atoms with van der Waals surface area (Å²) in [5, 5.41) is 30.6. The lowest BCUT2D eigenvalue weighted by atomic mass is 9.79. The molecule has 768 valence electrons. The second-order valence-corrected chi connectivity index (χ2v) is 45.0. The minimum absolute atomic E-state index is 0.0451. The highest BCUT2D eigenvalue weighted by atomic mass is 35.5. The number of rotatable bonds is 36. The number of hydrogen-bond acceptors (Lipinski definition) is 23. The lowest BCUT2D eigenvalue weighted by molar-refractivity contribution is -0.146. The van der Waals surface area contributed by atoms with Crippen molar-refractivity contribution in [1.82, 2.24) is 98.1 Å². The van der Waals surface area contributed by atoms with Crippen molar-refractivity contribution >= 4 is 112 Å². The van der Waals surface area contributed by atoms with E-state index in [2.05, 4.69) is 83.4 Å². The second kappa shape index (κ2) is 47.3. The average molecular weight is 1970 g/mol. The monoisotopic (exact) mass is 1970 g/mol. The highest BCUT2D eigenvalue weighted by Crippen LogP contribution is 2.65. The van der Waals surface area contributed by atoms with Crippen molar-refractivity contribution in [1.29, 1.82) is 0 Å². The zero-order valence-electron chi connectivity index (χ0n) is 87.4. The van der Waals surface area contributed by atoms with E-state index in [1.165, 1.54) is 58.1 Å². The van der Waals surface area contributed by atoms with Gasteiger partial charge in [0.2, 0.25) is 70.5 Å². The fourth-order valence-electron chi connectivity index (χ4n) is 20.3. The number of Topliss-reactive ketones (excluding diaryl/α,β-unsaturated/α-hetero) is 4. The molecule has 3 aliphatic heterocycles. The van der Waals surface area contributed by atoms with Crippen LogP contribution in [0.3, 0.4) is 0 Å². The number of ether oxygens (including phenoxy) is 1. The topological polar surface area (TPSA) is 506 Å². The van der Waals surface area contributed by atoms with E-state index in [9.17, 15) is 81.5 Å². The van der Waals surface area contributed by atoms with E-state index in [0.29, 0.717) is 50.2 Å². The Morgan fingerprint density at radius 3 is 1.37 bits per heavy atom. The van der Waals surface area contributed by atoms with Crippen LogP contribution in [0.2, 0.25) is 5.02 Å². The van der Waals surface area contributed by atoms with Crippen LogP contribution in [0, 0.1) is 63.1 Å². The van der Waals surface area contributed by atoms with Crippen molar-refractivity contribution in [3.05, 3.63) is 71.9 Å². The molecule has 0 spiro atoms. The number of urea groups is 1. The Morgan fingerprint density at radius 1 is 0.486 bits per heavy atom. The predicted octanol–water partition coefficient (Wildman–Crippen LogP) is 8.18. The molecule has 140 heavy (non-hydrogen) atoms. The number of nitrogens with one attached hydrogen (secondary N) is 11. The maximum Gasteiger partial charge on any atom is 0.315 e. The molecule has 3 aromatic rings. The van der Waals surface area contributed by atoms with Gasteiger partial charge in [0, 0.05) is 81.1 Å². The minimum Gasteiger partial charge on any atom is -0.472 e. The first-order chi connectivity index (χ1) is 67.0. The Morgan fingerprint density at radius 2 is 0.943 bits per heavy atom. The van der Waals surface area contributed by atoms with Gasteiger partial charge in [-0.1, -0.05) is 179 Å². The summed E-state index contributed by atoms with van der Waals surface area (Å²) in [5.74, 6) is -11.5. The largest absolute Gasteiger partial charge is 0.472 e. The van der Waals surface area contributed by atoms with Crippen LogP contribution in [0.5, 0.6) is 5.88 Å². The van der Waals surface area contributed by atoms with E-state index in [1.54, 1.807) is 46.8 Å². The highest BCUT2D eigenvalue weighted by Gasteiger charge is 2.70. The quantitative estimate of drug-likeness (QED) is 0.0244. The number of nitrogens with zero attached hydrogens (tertiary/aromatic N) is 8. The molecule has 0 aromatic carbocycles. The lowest BCUT2D eigenvalue weighted by Gasteiger charge is -2.38. The van der Waals surface area contributed by atoms with Gasteiger partial charge in [-0.05, 0) is 173 Å². The van der Waals surface area contributed by atoms with Gasteiger partial charge in [-0.2, -0.15) is 0 Å². The molecule has 6 heterocycles. The fourth-order valence-corrected chi connectivity index (χ4v) is 20.5. The molecule has 7 saturated carbocycles. The molecule has 0 radical (unpaired) electrons. The highest BCUT2D eigenvalue weighted by molar-refractivity contribution is 6.39. The number of aromatic nitrogens is 5. The molecule has 38 heteroatoms. The van der Waals surface area contributed by atoms with Gasteiger partial charge in [0.05, 0.1) is 46.1 Å². The zero-order valence-corrected chi connectivity index (χ0v) is 85.2. The number of carbonyl (C=O) groups excluding carboxylic acids is 17. The fraction of sp³-hybridized carbons (Fsp3) is 0.706. The Bertz CT molecular complexity index is 5150. The van der Waals surface area contributed by atoms with Gasteiger partial charge in [-0.15, -0.1) is 0 Å². The smallest absolute Gasteiger partial charge is 0.315 e. The number of piperidine rings is 1. The van der Waals surface area contributed by atoms with Crippen LogP contribution >= 0.6 is 11.6 Å². The maximum absolute atomic E-state index is 14.7. The van der Waals surface area contributed by atoms with Gasteiger partial charge in [0.1, 0.15) is 65.8 Å². The average Bonchev–Trinajstić information content (AvgIpc) is 1.52. The van der Waals surface area contributed by atoms with Gasteiger partial charge >= 0.3 is 6.03 Å². The number of ketones is 4. The van der Waals surface area contributed by atoms with Gasteiger partial charge in [-0.25, -0.2) is 19.7 Å². The summed E-state index contributed by atoms with van der Waals surface area (Å²) in [7, 11) is 0. The van der Waals surface area contributed by atoms with Gasteiger partial charge < -0.3 is 77.9 Å². The molecule has 7 aliphatic carbocycles. The Hall–Kier alpha value is -11.0. The van der Waals surface area contributed by atoms with Crippen LogP contribution in [-0.4, -0.2) is 249 Å². The molecule has 3 saturated heterocycles. The SMILES string of the molecule is [2H][C@@](CC1CCC1)(NC(=O)[C@@H]1[C@@H]2[C@H](CN1C(=O)[C@@H](NC(=O)NC(C)(C)C)C(C)(C)C)C2(C)C)C(=O)C(C)=O.[2H][C@@](CCC)(NC(=O)[C@@H]1C[C@@H](Oc2ccc(Cl)cn2)CN1C(=O)[C@@H](NC(=O)[C@@H](NC(=O)c1cnccn1)C1CCCCC1)C(C)(C)C)C(=O)C(=O)NC1CC1.[2H][C@@](CCC)(NC(=O)[C@@H]1[C@H]2CCC[C@H]2CN1C(=O)[C@@H](NC(=O)[C@@H](NC(=O)c1cnccn1)C1CCCCC1)C(C)(C)C)C(=O)C(=O)NC1CC1. The Labute approximate surface area is 831 Å². The van der Waals surface area contributed by atoms with Crippen LogP contribution in [0.15, 0.2) is 55.5 Å². The Kier molecular flexibility index (Phi) is 35.4. The molecule has 13 rings (SSSR count). The number of likely N-dealkylation sites (tertiary alicyclic amines) is 3. The summed E-state index contributed by atoms with van der Waals surface area (Å²) in [4.78, 5) is 255. The third-order valence-electron chi connectivity index (χ3n) is 28.6. The second-order valence-electron chi connectivity index (χ2n) is 44.6. The molecule has 37 nitrogen and oxygen atoms in total. The maximum atomic E-state index is 14.7. The van der Waals surface area contributed by atoms with E-state index >= 15 is 0 Å². The van der Waals surface area contributed by atoms with Crippen LogP contribution in [0.4, 0.5) is 4.79 Å². The number of hydrogen-bond donors (Lipinski definition) is 11. The third kappa shape index (κ3) is 28.9. The first-order valence-corrected chi connectivity index (χ1v) is 50.6. The van der Waals surface area contributed by atoms with Gasteiger partial charge in [0.15, 0.2) is 5.78 Å².